The van der Waals surface area contributed by atoms with Crippen LogP contribution in [0, 0.1) is 6.92 Å². The van der Waals surface area contributed by atoms with Crippen LogP contribution in [0.2, 0.25) is 0 Å². The first-order valence-electron chi connectivity index (χ1n) is 9.35. The van der Waals surface area contributed by atoms with Crippen molar-refractivity contribution in [3.05, 3.63) is 51.6 Å². The number of anilines is 1. The van der Waals surface area contributed by atoms with E-state index in [9.17, 15) is 9.59 Å². The fraction of sp³-hybridized carbons (Fsp3) is 0.450. The van der Waals surface area contributed by atoms with E-state index in [0.29, 0.717) is 6.54 Å². The van der Waals surface area contributed by atoms with E-state index in [1.807, 2.05) is 35.8 Å². The minimum atomic E-state index is -0.196. The summed E-state index contributed by atoms with van der Waals surface area (Å²) in [5.41, 5.74) is 3.91. The first-order valence-corrected chi connectivity index (χ1v) is 10.3. The fourth-order valence-corrected chi connectivity index (χ4v) is 4.18. The van der Waals surface area contributed by atoms with Crippen LogP contribution in [0.5, 0.6) is 0 Å². The van der Waals surface area contributed by atoms with E-state index in [1.165, 1.54) is 16.7 Å². The molecule has 2 N–H and O–H groups in total. The number of hydrogen-bond acceptors (Lipinski definition) is 4. The molecule has 144 valence electrons. The Kier molecular flexibility index (Phi) is 6.34. The molecule has 1 aliphatic rings. The molecule has 0 spiro atoms. The molecule has 0 bridgehead atoms. The van der Waals surface area contributed by atoms with E-state index in [4.69, 9.17) is 0 Å². The molecule has 1 aliphatic carbocycles. The number of benzene rings is 1. The van der Waals surface area contributed by atoms with E-state index >= 15 is 0 Å². The van der Waals surface area contributed by atoms with Crippen molar-refractivity contribution >= 4 is 23.4 Å². The van der Waals surface area contributed by atoms with Gasteiger partial charge in [0.15, 0.2) is 0 Å². The molecular weight excluding hydrogens is 360 g/mol. The molecule has 0 atom stereocenters. The topological polar surface area (TPSA) is 68.4 Å². The molecule has 6 nitrogen and oxygen atoms in total. The van der Waals surface area contributed by atoms with Gasteiger partial charge in [0.1, 0.15) is 5.03 Å². The molecule has 0 saturated heterocycles. The standard InChI is InChI=1S/C20H26N4O2S/c1-14-7-4-5-9-16(14)21-18(25)13-27-19-15-8-6-10-17(15)24(20(26)22-19)12-11-23(2)3/h4-5,7,9H,6,8,10-13H2,1-3H3,(H,21,25)/p+1. The second-order valence-electron chi connectivity index (χ2n) is 7.24. The number of carbonyl (C=O) groups is 1. The van der Waals surface area contributed by atoms with Gasteiger partial charge in [0.05, 0.1) is 32.9 Å². The van der Waals surface area contributed by atoms with Crippen molar-refractivity contribution in [2.75, 3.05) is 31.7 Å². The van der Waals surface area contributed by atoms with Crippen LogP contribution in [0.3, 0.4) is 0 Å². The number of aryl methyl sites for hydroxylation is 1. The van der Waals surface area contributed by atoms with Gasteiger partial charge in [0.2, 0.25) is 5.91 Å². The number of likely N-dealkylation sites (N-methyl/N-ethyl adjacent to an activating group) is 1. The maximum absolute atomic E-state index is 12.5. The number of hydrogen-bond donors (Lipinski definition) is 2. The van der Waals surface area contributed by atoms with Crippen molar-refractivity contribution < 1.29 is 9.69 Å². The molecule has 0 saturated carbocycles. The van der Waals surface area contributed by atoms with Crippen molar-refractivity contribution in [3.8, 4) is 0 Å². The summed E-state index contributed by atoms with van der Waals surface area (Å²) in [4.78, 5) is 30.4. The lowest BCUT2D eigenvalue weighted by molar-refractivity contribution is -0.859. The molecule has 7 heteroatoms. The van der Waals surface area contributed by atoms with Crippen molar-refractivity contribution in [1.29, 1.82) is 0 Å². The van der Waals surface area contributed by atoms with E-state index in [1.54, 1.807) is 0 Å². The van der Waals surface area contributed by atoms with Gasteiger partial charge >= 0.3 is 5.69 Å². The first kappa shape index (κ1) is 19.6. The Morgan fingerprint density at radius 3 is 2.81 bits per heavy atom. The van der Waals surface area contributed by atoms with Crippen LogP contribution in [0.15, 0.2) is 34.1 Å². The SMILES string of the molecule is Cc1ccccc1NC(=O)CSc1nc(=O)n(CC[NH+](C)C)c2c1CCC2. The van der Waals surface area contributed by atoms with Gasteiger partial charge in [-0.3, -0.25) is 9.36 Å². The lowest BCUT2D eigenvalue weighted by Gasteiger charge is -2.15. The summed E-state index contributed by atoms with van der Waals surface area (Å²) in [6, 6.07) is 7.70. The Morgan fingerprint density at radius 1 is 1.30 bits per heavy atom. The molecule has 0 radical (unpaired) electrons. The molecule has 3 rings (SSSR count). The van der Waals surface area contributed by atoms with Crippen LogP contribution in [-0.2, 0) is 24.2 Å². The highest BCUT2D eigenvalue weighted by atomic mass is 32.2. The van der Waals surface area contributed by atoms with Gasteiger partial charge in [-0.25, -0.2) is 4.79 Å². The highest BCUT2D eigenvalue weighted by molar-refractivity contribution is 8.00. The third-order valence-corrected chi connectivity index (χ3v) is 5.81. The Labute approximate surface area is 164 Å². The summed E-state index contributed by atoms with van der Waals surface area (Å²) in [6.45, 7) is 3.54. The molecule has 1 amide bonds. The van der Waals surface area contributed by atoms with E-state index in [2.05, 4.69) is 24.4 Å². The fourth-order valence-electron chi connectivity index (χ4n) is 3.30. The Bertz CT molecular complexity index is 892. The highest BCUT2D eigenvalue weighted by Crippen LogP contribution is 2.29. The van der Waals surface area contributed by atoms with Crippen LogP contribution in [0.25, 0.3) is 0 Å². The van der Waals surface area contributed by atoms with Gasteiger partial charge in [0.25, 0.3) is 0 Å². The molecule has 1 aromatic heterocycles. The number of thioether (sulfide) groups is 1. The van der Waals surface area contributed by atoms with E-state index in [-0.39, 0.29) is 17.3 Å². The predicted octanol–water partition coefficient (Wildman–Crippen LogP) is 0.916. The van der Waals surface area contributed by atoms with Gasteiger partial charge in [0, 0.05) is 16.9 Å². The summed E-state index contributed by atoms with van der Waals surface area (Å²) in [6.07, 6.45) is 2.89. The van der Waals surface area contributed by atoms with E-state index < -0.39 is 0 Å². The number of rotatable bonds is 7. The molecule has 2 aromatic rings. The van der Waals surface area contributed by atoms with Crippen molar-refractivity contribution in [1.82, 2.24) is 9.55 Å². The van der Waals surface area contributed by atoms with Crippen LogP contribution in [-0.4, -0.2) is 41.9 Å². The lowest BCUT2D eigenvalue weighted by Crippen LogP contribution is -3.06. The normalized spacial score (nSPS) is 13.0. The Morgan fingerprint density at radius 2 is 2.07 bits per heavy atom. The molecule has 1 heterocycles. The summed E-state index contributed by atoms with van der Waals surface area (Å²) in [5, 5.41) is 3.66. The largest absolute Gasteiger partial charge is 0.349 e. The molecule has 0 fully saturated rings. The van der Waals surface area contributed by atoms with Crippen molar-refractivity contribution in [2.24, 2.45) is 0 Å². The third-order valence-electron chi connectivity index (χ3n) is 4.80. The minimum Gasteiger partial charge on any atom is -0.338 e. The summed E-state index contributed by atoms with van der Waals surface area (Å²) >= 11 is 1.36. The maximum atomic E-state index is 12.5. The average Bonchev–Trinajstić information content (AvgIpc) is 3.10. The zero-order valence-corrected chi connectivity index (χ0v) is 17.0. The minimum absolute atomic E-state index is 0.0803. The second kappa shape index (κ2) is 8.71. The van der Waals surface area contributed by atoms with Crippen molar-refractivity contribution in [3.63, 3.8) is 0 Å². The molecule has 1 aromatic carbocycles. The van der Waals surface area contributed by atoms with Gasteiger partial charge in [-0.2, -0.15) is 4.98 Å². The predicted molar refractivity (Wildman–Crippen MR) is 109 cm³/mol. The Hall–Kier alpha value is -2.12. The van der Waals surface area contributed by atoms with E-state index in [0.717, 1.165) is 53.3 Å². The number of fused-ring (bicyclic) bond motifs is 1. The summed E-state index contributed by atoms with van der Waals surface area (Å²) in [7, 11) is 4.16. The number of carbonyl (C=O) groups excluding carboxylic acids is 1. The zero-order valence-electron chi connectivity index (χ0n) is 16.2. The van der Waals surface area contributed by atoms with Gasteiger partial charge in [-0.15, -0.1) is 0 Å². The van der Waals surface area contributed by atoms with Crippen molar-refractivity contribution in [2.45, 2.75) is 37.8 Å². The number of nitrogens with zero attached hydrogens (tertiary/aromatic N) is 2. The highest BCUT2D eigenvalue weighted by Gasteiger charge is 2.22. The molecule has 0 unspecified atom stereocenters. The average molecular weight is 388 g/mol. The quantitative estimate of drug-likeness (QED) is 0.548. The number of amides is 1. The first-order chi connectivity index (χ1) is 13.0. The zero-order chi connectivity index (χ0) is 19.4. The number of aromatic nitrogens is 2. The molecule has 0 aliphatic heterocycles. The number of nitrogens with one attached hydrogen (secondary N) is 2. The second-order valence-corrected chi connectivity index (χ2v) is 8.20. The number of quaternary nitrogens is 1. The molecular formula is C20H27N4O2S+. The van der Waals surface area contributed by atoms with Crippen LogP contribution < -0.4 is 15.9 Å². The van der Waals surface area contributed by atoms with Crippen LogP contribution in [0.4, 0.5) is 5.69 Å². The Balaban J connectivity index is 1.71. The third kappa shape index (κ3) is 4.78. The van der Waals surface area contributed by atoms with Crippen LogP contribution >= 0.6 is 11.8 Å². The lowest BCUT2D eigenvalue weighted by atomic mass is 10.2. The summed E-state index contributed by atoms with van der Waals surface area (Å²) in [5.74, 6) is 0.169. The maximum Gasteiger partial charge on any atom is 0.349 e. The molecule has 27 heavy (non-hydrogen) atoms. The van der Waals surface area contributed by atoms with Gasteiger partial charge < -0.3 is 10.2 Å². The van der Waals surface area contributed by atoms with Crippen LogP contribution in [0.1, 0.15) is 23.2 Å². The smallest absolute Gasteiger partial charge is 0.338 e. The van der Waals surface area contributed by atoms with Gasteiger partial charge in [-0.1, -0.05) is 30.0 Å². The monoisotopic (exact) mass is 387 g/mol. The van der Waals surface area contributed by atoms with Gasteiger partial charge in [-0.05, 0) is 37.8 Å². The summed E-state index contributed by atoms with van der Waals surface area (Å²) < 4.78 is 1.83. The number of para-hydroxylation sites is 1.